The molecule has 17 heavy (non-hydrogen) atoms. The van der Waals surface area contributed by atoms with Crippen LogP contribution in [0, 0.1) is 5.92 Å². The van der Waals surface area contributed by atoms with Crippen molar-refractivity contribution in [1.82, 2.24) is 5.32 Å². The Kier molecular flexibility index (Phi) is 3.53. The maximum absolute atomic E-state index is 11.9. The van der Waals surface area contributed by atoms with Crippen molar-refractivity contribution >= 4 is 15.7 Å². The van der Waals surface area contributed by atoms with Crippen molar-refractivity contribution < 1.29 is 13.2 Å². The summed E-state index contributed by atoms with van der Waals surface area (Å²) in [7, 11) is -2.86. The van der Waals surface area contributed by atoms with Crippen LogP contribution >= 0.6 is 0 Å². The van der Waals surface area contributed by atoms with E-state index >= 15 is 0 Å². The molecule has 0 aromatic heterocycles. The van der Waals surface area contributed by atoms with Crippen LogP contribution in [0.4, 0.5) is 0 Å². The van der Waals surface area contributed by atoms with Crippen LogP contribution in [0.3, 0.4) is 0 Å². The summed E-state index contributed by atoms with van der Waals surface area (Å²) in [5, 5.41) is 2.91. The molecule has 3 N–H and O–H groups in total. The van der Waals surface area contributed by atoms with Gasteiger partial charge in [-0.2, -0.15) is 0 Å². The number of sulfone groups is 1. The fourth-order valence-electron chi connectivity index (χ4n) is 2.26. The molecular formula is C11H18N2O3S. The van der Waals surface area contributed by atoms with Gasteiger partial charge < -0.3 is 11.1 Å². The number of nitrogens with two attached hydrogens (primary N) is 1. The standard InChI is InChI=1S/C11H18N2O3S/c12-9-2-1-8(7-9)11(14)13-10-3-5-17(15,16)6-4-10/h1-2,8-10H,3-7,12H2,(H,13,14). The lowest BCUT2D eigenvalue weighted by Crippen LogP contribution is -2.43. The van der Waals surface area contributed by atoms with E-state index in [2.05, 4.69) is 5.32 Å². The normalized spacial score (nSPS) is 32.5. The van der Waals surface area contributed by atoms with E-state index in [1.807, 2.05) is 12.2 Å². The van der Waals surface area contributed by atoms with Crippen molar-refractivity contribution in [2.75, 3.05) is 11.5 Å². The number of hydrogen-bond acceptors (Lipinski definition) is 4. The number of carbonyl (C=O) groups excluding carboxylic acids is 1. The SMILES string of the molecule is NC1C=CC(C(=O)NC2CCS(=O)(=O)CC2)C1. The first-order valence-corrected chi connectivity index (χ1v) is 7.73. The van der Waals surface area contributed by atoms with E-state index in [0.29, 0.717) is 19.3 Å². The highest BCUT2D eigenvalue weighted by Crippen LogP contribution is 2.18. The average molecular weight is 258 g/mol. The third-order valence-electron chi connectivity index (χ3n) is 3.35. The van der Waals surface area contributed by atoms with E-state index < -0.39 is 9.84 Å². The Hall–Kier alpha value is -0.880. The van der Waals surface area contributed by atoms with Crippen molar-refractivity contribution in [1.29, 1.82) is 0 Å². The van der Waals surface area contributed by atoms with Gasteiger partial charge in [0.15, 0.2) is 0 Å². The summed E-state index contributed by atoms with van der Waals surface area (Å²) in [6, 6.07) is -0.0336. The summed E-state index contributed by atoms with van der Waals surface area (Å²) < 4.78 is 22.5. The van der Waals surface area contributed by atoms with Crippen LogP contribution in [0.15, 0.2) is 12.2 Å². The lowest BCUT2D eigenvalue weighted by Gasteiger charge is -2.24. The number of hydrogen-bond donors (Lipinski definition) is 2. The number of rotatable bonds is 2. The summed E-state index contributed by atoms with van der Waals surface area (Å²) in [6.07, 6.45) is 5.37. The van der Waals surface area contributed by atoms with E-state index in [4.69, 9.17) is 5.73 Å². The Labute approximate surface area is 101 Å². The Bertz CT molecular complexity index is 416. The van der Waals surface area contributed by atoms with E-state index in [0.717, 1.165) is 0 Å². The first-order valence-electron chi connectivity index (χ1n) is 5.91. The summed E-state index contributed by atoms with van der Waals surface area (Å²) in [6.45, 7) is 0. The zero-order valence-corrected chi connectivity index (χ0v) is 10.4. The minimum Gasteiger partial charge on any atom is -0.353 e. The van der Waals surface area contributed by atoms with Crippen LogP contribution in [0.5, 0.6) is 0 Å². The predicted octanol–water partition coefficient (Wildman–Crippen LogP) is -0.417. The van der Waals surface area contributed by atoms with Crippen LogP contribution in [-0.4, -0.2) is 37.9 Å². The van der Waals surface area contributed by atoms with E-state index in [9.17, 15) is 13.2 Å². The molecule has 1 fully saturated rings. The summed E-state index contributed by atoms with van der Waals surface area (Å²) in [5.74, 6) is 0.178. The van der Waals surface area contributed by atoms with E-state index in [1.165, 1.54) is 0 Å². The topological polar surface area (TPSA) is 89.3 Å². The van der Waals surface area contributed by atoms with E-state index in [-0.39, 0.29) is 35.4 Å². The molecule has 2 rings (SSSR count). The van der Waals surface area contributed by atoms with Crippen LogP contribution in [0.25, 0.3) is 0 Å². The zero-order valence-electron chi connectivity index (χ0n) is 9.63. The molecule has 0 bridgehead atoms. The van der Waals surface area contributed by atoms with Crippen molar-refractivity contribution in [2.24, 2.45) is 11.7 Å². The Morgan fingerprint density at radius 1 is 1.24 bits per heavy atom. The molecule has 1 aliphatic carbocycles. The van der Waals surface area contributed by atoms with Gasteiger partial charge in [0.25, 0.3) is 0 Å². The minimum atomic E-state index is -2.86. The molecule has 2 unspecified atom stereocenters. The first kappa shape index (κ1) is 12.6. The minimum absolute atomic E-state index is 0.00347. The second kappa shape index (κ2) is 4.78. The molecule has 5 nitrogen and oxygen atoms in total. The van der Waals surface area contributed by atoms with Crippen molar-refractivity contribution in [3.05, 3.63) is 12.2 Å². The number of nitrogens with one attached hydrogen (secondary N) is 1. The Balaban J connectivity index is 1.82. The molecule has 0 aromatic rings. The van der Waals surface area contributed by atoms with Crippen LogP contribution < -0.4 is 11.1 Å². The maximum Gasteiger partial charge on any atom is 0.227 e. The Morgan fingerprint density at radius 3 is 2.41 bits per heavy atom. The molecule has 1 saturated heterocycles. The molecule has 0 radical (unpaired) electrons. The highest BCUT2D eigenvalue weighted by Gasteiger charge is 2.28. The van der Waals surface area contributed by atoms with Crippen LogP contribution in [-0.2, 0) is 14.6 Å². The van der Waals surface area contributed by atoms with E-state index in [1.54, 1.807) is 0 Å². The fraction of sp³-hybridized carbons (Fsp3) is 0.727. The predicted molar refractivity (Wildman–Crippen MR) is 65.0 cm³/mol. The van der Waals surface area contributed by atoms with Gasteiger partial charge in [-0.3, -0.25) is 4.79 Å². The molecule has 1 amide bonds. The average Bonchev–Trinajstić information content (AvgIpc) is 2.68. The molecule has 6 heteroatoms. The van der Waals surface area contributed by atoms with Crippen LogP contribution in [0.2, 0.25) is 0 Å². The summed E-state index contributed by atoms with van der Waals surface area (Å²) >= 11 is 0. The largest absolute Gasteiger partial charge is 0.353 e. The molecular weight excluding hydrogens is 240 g/mol. The van der Waals surface area contributed by atoms with Gasteiger partial charge in [0.1, 0.15) is 9.84 Å². The molecule has 2 atom stereocenters. The zero-order chi connectivity index (χ0) is 12.5. The quantitative estimate of drug-likeness (QED) is 0.659. The van der Waals surface area contributed by atoms with Gasteiger partial charge in [-0.05, 0) is 19.3 Å². The molecule has 1 aliphatic heterocycles. The molecule has 0 saturated carbocycles. The third-order valence-corrected chi connectivity index (χ3v) is 5.07. The lowest BCUT2D eigenvalue weighted by atomic mass is 10.1. The fourth-order valence-corrected chi connectivity index (χ4v) is 3.76. The summed E-state index contributed by atoms with van der Waals surface area (Å²) in [4.78, 5) is 11.9. The molecule has 0 aromatic carbocycles. The highest BCUT2D eigenvalue weighted by atomic mass is 32.2. The van der Waals surface area contributed by atoms with Gasteiger partial charge in [0.05, 0.1) is 17.4 Å². The third kappa shape index (κ3) is 3.29. The lowest BCUT2D eigenvalue weighted by molar-refractivity contribution is -0.124. The smallest absolute Gasteiger partial charge is 0.227 e. The second-order valence-electron chi connectivity index (χ2n) is 4.83. The number of carbonyl (C=O) groups is 1. The van der Waals surface area contributed by atoms with Crippen molar-refractivity contribution in [2.45, 2.75) is 31.3 Å². The Morgan fingerprint density at radius 2 is 1.88 bits per heavy atom. The van der Waals surface area contributed by atoms with Gasteiger partial charge in [-0.1, -0.05) is 12.2 Å². The first-order chi connectivity index (χ1) is 7.96. The van der Waals surface area contributed by atoms with Gasteiger partial charge in [0.2, 0.25) is 5.91 Å². The molecule has 96 valence electrons. The van der Waals surface area contributed by atoms with Gasteiger partial charge in [0, 0.05) is 12.1 Å². The summed E-state index contributed by atoms with van der Waals surface area (Å²) in [5.41, 5.74) is 5.69. The molecule has 2 aliphatic rings. The van der Waals surface area contributed by atoms with Crippen molar-refractivity contribution in [3.63, 3.8) is 0 Å². The monoisotopic (exact) mass is 258 g/mol. The highest BCUT2D eigenvalue weighted by molar-refractivity contribution is 7.91. The van der Waals surface area contributed by atoms with Crippen molar-refractivity contribution in [3.8, 4) is 0 Å². The van der Waals surface area contributed by atoms with Gasteiger partial charge in [-0.15, -0.1) is 0 Å². The molecule has 1 heterocycles. The molecule has 0 spiro atoms. The van der Waals surface area contributed by atoms with Gasteiger partial charge >= 0.3 is 0 Å². The van der Waals surface area contributed by atoms with Crippen LogP contribution in [0.1, 0.15) is 19.3 Å². The maximum atomic E-state index is 11.9. The number of amides is 1. The second-order valence-corrected chi connectivity index (χ2v) is 7.13. The van der Waals surface area contributed by atoms with Gasteiger partial charge in [-0.25, -0.2) is 8.42 Å².